The molecule has 0 bridgehead atoms. The molecule has 0 saturated carbocycles. The first-order chi connectivity index (χ1) is 9.51. The molecule has 0 aliphatic carbocycles. The molecule has 0 spiro atoms. The summed E-state index contributed by atoms with van der Waals surface area (Å²) in [7, 11) is 1.47. The number of hydrogen-bond donors (Lipinski definition) is 3. The third-order valence-electron chi connectivity index (χ3n) is 3.02. The van der Waals surface area contributed by atoms with Crippen molar-refractivity contribution in [2.24, 2.45) is 0 Å². The average molecular weight is 277 g/mol. The minimum absolute atomic E-state index is 0.0213. The van der Waals surface area contributed by atoms with E-state index in [9.17, 15) is 14.6 Å². The van der Waals surface area contributed by atoms with E-state index >= 15 is 0 Å². The van der Waals surface area contributed by atoms with E-state index in [2.05, 4.69) is 5.32 Å². The van der Waals surface area contributed by atoms with Crippen LogP contribution >= 0.6 is 0 Å². The topological polar surface area (TPSA) is 61.7 Å². The van der Waals surface area contributed by atoms with Gasteiger partial charge in [0.15, 0.2) is 11.5 Å². The van der Waals surface area contributed by atoms with E-state index in [1.165, 1.54) is 25.3 Å². The second-order valence-corrected chi connectivity index (χ2v) is 4.46. The van der Waals surface area contributed by atoms with Crippen molar-refractivity contribution in [3.05, 3.63) is 47.8 Å². The summed E-state index contributed by atoms with van der Waals surface area (Å²) in [6, 6.07) is 8.53. The number of hydrogen-bond acceptors (Lipinski definition) is 4. The second-order valence-electron chi connectivity index (χ2n) is 4.46. The number of phenols is 2. The summed E-state index contributed by atoms with van der Waals surface area (Å²) in [5.74, 6) is -0.191. The number of halogens is 1. The van der Waals surface area contributed by atoms with Gasteiger partial charge in [0.2, 0.25) is 0 Å². The van der Waals surface area contributed by atoms with E-state index in [4.69, 9.17) is 4.74 Å². The van der Waals surface area contributed by atoms with Gasteiger partial charge in [-0.15, -0.1) is 0 Å². The van der Waals surface area contributed by atoms with Crippen LogP contribution in [0.1, 0.15) is 18.5 Å². The van der Waals surface area contributed by atoms with Crippen molar-refractivity contribution in [3.8, 4) is 17.2 Å². The number of aromatic hydroxyl groups is 2. The van der Waals surface area contributed by atoms with E-state index in [-0.39, 0.29) is 17.5 Å². The van der Waals surface area contributed by atoms with E-state index in [0.29, 0.717) is 17.0 Å². The Hall–Kier alpha value is -2.43. The van der Waals surface area contributed by atoms with Crippen molar-refractivity contribution in [2.75, 3.05) is 12.4 Å². The van der Waals surface area contributed by atoms with Gasteiger partial charge in [-0.05, 0) is 25.1 Å². The van der Waals surface area contributed by atoms with Gasteiger partial charge in [0.1, 0.15) is 11.6 Å². The summed E-state index contributed by atoms with van der Waals surface area (Å²) < 4.78 is 17.9. The highest BCUT2D eigenvalue weighted by molar-refractivity contribution is 5.55. The third kappa shape index (κ3) is 2.93. The number of methoxy groups -OCH3 is 1. The highest BCUT2D eigenvalue weighted by atomic mass is 19.1. The minimum atomic E-state index is -0.486. The van der Waals surface area contributed by atoms with E-state index < -0.39 is 5.82 Å². The first-order valence-corrected chi connectivity index (χ1v) is 6.13. The third-order valence-corrected chi connectivity index (χ3v) is 3.02. The maximum absolute atomic E-state index is 12.9. The van der Waals surface area contributed by atoms with Gasteiger partial charge >= 0.3 is 0 Å². The molecule has 4 nitrogen and oxygen atoms in total. The lowest BCUT2D eigenvalue weighted by molar-refractivity contribution is 0.373. The fourth-order valence-corrected chi connectivity index (χ4v) is 1.99. The molecule has 0 radical (unpaired) electrons. The van der Waals surface area contributed by atoms with Crippen LogP contribution in [-0.4, -0.2) is 17.3 Å². The molecule has 3 N–H and O–H groups in total. The Morgan fingerprint density at radius 2 is 1.85 bits per heavy atom. The molecule has 1 unspecified atom stereocenters. The van der Waals surface area contributed by atoms with Crippen LogP contribution < -0.4 is 10.1 Å². The van der Waals surface area contributed by atoms with E-state index in [1.807, 2.05) is 6.92 Å². The number of benzene rings is 2. The number of ether oxygens (including phenoxy) is 1. The number of phenolic OH excluding ortho intramolecular Hbond substituents is 2. The Balaban J connectivity index is 2.18. The monoisotopic (exact) mass is 277 g/mol. The molecule has 2 aromatic carbocycles. The average Bonchev–Trinajstić information content (AvgIpc) is 2.38. The first kappa shape index (κ1) is 14.0. The maximum Gasteiger partial charge on any atom is 0.160 e. The minimum Gasteiger partial charge on any atom is -0.507 e. The molecule has 20 heavy (non-hydrogen) atoms. The number of anilines is 1. The lowest BCUT2D eigenvalue weighted by Gasteiger charge is -2.17. The quantitative estimate of drug-likeness (QED) is 0.801. The summed E-state index contributed by atoms with van der Waals surface area (Å²) in [5.41, 5.74) is 1.24. The van der Waals surface area contributed by atoms with Gasteiger partial charge in [-0.1, -0.05) is 6.07 Å². The Labute approximate surface area is 116 Å². The predicted octanol–water partition coefficient (Wildman–Crippen LogP) is 3.42. The highest BCUT2D eigenvalue weighted by Crippen LogP contribution is 2.32. The molecule has 0 aliphatic heterocycles. The van der Waals surface area contributed by atoms with E-state index in [0.717, 1.165) is 6.07 Å². The van der Waals surface area contributed by atoms with Crippen LogP contribution in [0.5, 0.6) is 17.2 Å². The summed E-state index contributed by atoms with van der Waals surface area (Å²) in [5, 5.41) is 22.5. The fraction of sp³-hybridized carbons (Fsp3) is 0.200. The zero-order valence-corrected chi connectivity index (χ0v) is 11.2. The molecule has 106 valence electrons. The van der Waals surface area contributed by atoms with Gasteiger partial charge in [-0.2, -0.15) is 0 Å². The normalized spacial score (nSPS) is 11.9. The van der Waals surface area contributed by atoms with Crippen molar-refractivity contribution in [2.45, 2.75) is 13.0 Å². The van der Waals surface area contributed by atoms with Gasteiger partial charge in [0, 0.05) is 23.4 Å². The van der Waals surface area contributed by atoms with Crippen LogP contribution in [0.4, 0.5) is 10.1 Å². The van der Waals surface area contributed by atoms with Crippen molar-refractivity contribution in [1.82, 2.24) is 0 Å². The van der Waals surface area contributed by atoms with Crippen LogP contribution in [0.25, 0.3) is 0 Å². The van der Waals surface area contributed by atoms with Crippen molar-refractivity contribution in [1.29, 1.82) is 0 Å². The molecule has 0 aliphatic rings. The van der Waals surface area contributed by atoms with Crippen LogP contribution in [0.2, 0.25) is 0 Å². The summed E-state index contributed by atoms with van der Waals surface area (Å²) in [6.45, 7) is 1.83. The van der Waals surface area contributed by atoms with Crippen LogP contribution in [-0.2, 0) is 0 Å². The molecule has 0 heterocycles. The molecular formula is C15H16FNO3. The van der Waals surface area contributed by atoms with Crippen LogP contribution in [0.3, 0.4) is 0 Å². The predicted molar refractivity (Wildman–Crippen MR) is 74.8 cm³/mol. The Bertz CT molecular complexity index is 616. The Kier molecular flexibility index (Phi) is 3.98. The lowest BCUT2D eigenvalue weighted by atomic mass is 10.1. The summed E-state index contributed by atoms with van der Waals surface area (Å²) >= 11 is 0. The Morgan fingerprint density at radius 1 is 1.10 bits per heavy atom. The summed E-state index contributed by atoms with van der Waals surface area (Å²) in [4.78, 5) is 0. The van der Waals surface area contributed by atoms with Gasteiger partial charge in [-0.25, -0.2) is 4.39 Å². The zero-order valence-electron chi connectivity index (χ0n) is 11.2. The SMILES string of the molecule is COc1ccc(NC(C)c2ccc(F)cc2O)cc1O. The number of nitrogens with one attached hydrogen (secondary N) is 1. The van der Waals surface area contributed by atoms with Crippen LogP contribution in [0.15, 0.2) is 36.4 Å². The molecule has 0 aromatic heterocycles. The molecule has 2 aromatic rings. The van der Waals surface area contributed by atoms with E-state index in [1.54, 1.807) is 12.1 Å². The molecular weight excluding hydrogens is 261 g/mol. The van der Waals surface area contributed by atoms with Crippen molar-refractivity contribution >= 4 is 5.69 Å². The summed E-state index contributed by atoms with van der Waals surface area (Å²) in [6.07, 6.45) is 0. The van der Waals surface area contributed by atoms with Crippen molar-refractivity contribution in [3.63, 3.8) is 0 Å². The largest absolute Gasteiger partial charge is 0.507 e. The lowest BCUT2D eigenvalue weighted by Crippen LogP contribution is -2.07. The van der Waals surface area contributed by atoms with Gasteiger partial charge < -0.3 is 20.3 Å². The molecule has 1 atom stereocenters. The molecule has 5 heteroatoms. The van der Waals surface area contributed by atoms with Crippen molar-refractivity contribution < 1.29 is 19.3 Å². The van der Waals surface area contributed by atoms with Gasteiger partial charge in [0.25, 0.3) is 0 Å². The fourth-order valence-electron chi connectivity index (χ4n) is 1.99. The molecule has 2 rings (SSSR count). The molecule has 0 fully saturated rings. The molecule has 0 amide bonds. The first-order valence-electron chi connectivity index (χ1n) is 6.13. The molecule has 0 saturated heterocycles. The van der Waals surface area contributed by atoms with Gasteiger partial charge in [-0.3, -0.25) is 0 Å². The smallest absolute Gasteiger partial charge is 0.160 e. The highest BCUT2D eigenvalue weighted by Gasteiger charge is 2.12. The standard InChI is InChI=1S/C15H16FNO3/c1-9(12-5-3-10(16)7-13(12)18)17-11-4-6-15(20-2)14(19)8-11/h3-9,17-19H,1-2H3. The Morgan fingerprint density at radius 3 is 2.45 bits per heavy atom. The zero-order chi connectivity index (χ0) is 14.7. The second kappa shape index (κ2) is 5.69. The van der Waals surface area contributed by atoms with Crippen LogP contribution in [0, 0.1) is 5.82 Å². The van der Waals surface area contributed by atoms with Gasteiger partial charge in [0.05, 0.1) is 13.2 Å². The number of rotatable bonds is 4. The maximum atomic E-state index is 12.9.